The lowest BCUT2D eigenvalue weighted by Crippen LogP contribution is -2.22. The van der Waals surface area contributed by atoms with Crippen LogP contribution in [-0.2, 0) is 4.74 Å². The Morgan fingerprint density at radius 3 is 1.70 bits per heavy atom. The van der Waals surface area contributed by atoms with Crippen molar-refractivity contribution in [3.05, 3.63) is 0 Å². The fourth-order valence-electron chi connectivity index (χ4n) is 4.92. The molecule has 0 amide bonds. The lowest BCUT2D eigenvalue weighted by Gasteiger charge is -2.30. The summed E-state index contributed by atoms with van der Waals surface area (Å²) >= 11 is 0. The van der Waals surface area contributed by atoms with Crippen molar-refractivity contribution in [3.63, 3.8) is 0 Å². The van der Waals surface area contributed by atoms with Crippen LogP contribution in [0.15, 0.2) is 0 Å². The molecule has 136 valence electrons. The largest absolute Gasteiger partial charge is 0.378 e. The molecule has 0 aliphatic heterocycles. The number of hydrogen-bond donors (Lipinski definition) is 0. The molecule has 0 aromatic carbocycles. The van der Waals surface area contributed by atoms with Crippen LogP contribution in [0.5, 0.6) is 0 Å². The van der Waals surface area contributed by atoms with Gasteiger partial charge in [0.15, 0.2) is 0 Å². The highest BCUT2D eigenvalue weighted by Gasteiger charge is 2.22. The van der Waals surface area contributed by atoms with Crippen molar-refractivity contribution < 1.29 is 4.74 Å². The maximum Gasteiger partial charge on any atom is 0.0575 e. The number of hydrogen-bond acceptors (Lipinski definition) is 1. The molecule has 0 radical (unpaired) electrons. The molecule has 0 N–H and O–H groups in total. The first-order chi connectivity index (χ1) is 11.3. The molecule has 2 saturated carbocycles. The van der Waals surface area contributed by atoms with Crippen LogP contribution in [0, 0.1) is 17.8 Å². The Bertz CT molecular complexity index is 272. The number of rotatable bonds is 10. The fourth-order valence-corrected chi connectivity index (χ4v) is 4.92. The van der Waals surface area contributed by atoms with Gasteiger partial charge < -0.3 is 4.74 Å². The highest BCUT2D eigenvalue weighted by molar-refractivity contribution is 4.74. The van der Waals surface area contributed by atoms with Gasteiger partial charge in [-0.2, -0.15) is 0 Å². The molecule has 0 bridgehead atoms. The standard InChI is InChI=1S/C22H42O/c1-3-5-8-20-10-12-21(13-11-20)9-6-18-23-22-16-14-19(7-4-2)15-17-22/h19-22H,3-18H2,1-2H3/t19-,20-,21-,22-. The van der Waals surface area contributed by atoms with Crippen molar-refractivity contribution in [2.45, 2.75) is 116 Å². The quantitative estimate of drug-likeness (QED) is 0.388. The van der Waals surface area contributed by atoms with E-state index in [1.54, 1.807) is 0 Å². The van der Waals surface area contributed by atoms with Crippen LogP contribution in [0.2, 0.25) is 0 Å². The van der Waals surface area contributed by atoms with Crippen molar-refractivity contribution in [1.82, 2.24) is 0 Å². The molecular formula is C22H42O. The van der Waals surface area contributed by atoms with Crippen LogP contribution < -0.4 is 0 Å². The number of unbranched alkanes of at least 4 members (excludes halogenated alkanes) is 1. The summed E-state index contributed by atoms with van der Waals surface area (Å²) in [6, 6.07) is 0. The Balaban J connectivity index is 1.46. The van der Waals surface area contributed by atoms with E-state index >= 15 is 0 Å². The zero-order valence-corrected chi connectivity index (χ0v) is 16.0. The van der Waals surface area contributed by atoms with E-state index in [1.165, 1.54) is 96.3 Å². The molecule has 0 saturated heterocycles. The van der Waals surface area contributed by atoms with Crippen LogP contribution in [0.4, 0.5) is 0 Å². The smallest absolute Gasteiger partial charge is 0.0575 e. The highest BCUT2D eigenvalue weighted by Crippen LogP contribution is 2.34. The monoisotopic (exact) mass is 322 g/mol. The Kier molecular flexibility index (Phi) is 9.65. The molecule has 2 aliphatic carbocycles. The first-order valence-corrected chi connectivity index (χ1v) is 10.9. The van der Waals surface area contributed by atoms with Crippen molar-refractivity contribution in [2.24, 2.45) is 17.8 Å². The third-order valence-corrected chi connectivity index (χ3v) is 6.53. The van der Waals surface area contributed by atoms with E-state index in [-0.39, 0.29) is 0 Å². The highest BCUT2D eigenvalue weighted by atomic mass is 16.5. The fraction of sp³-hybridized carbons (Fsp3) is 1.00. The molecule has 23 heavy (non-hydrogen) atoms. The average molecular weight is 323 g/mol. The van der Waals surface area contributed by atoms with E-state index in [0.717, 1.165) is 24.4 Å². The lowest BCUT2D eigenvalue weighted by atomic mass is 9.78. The zero-order valence-electron chi connectivity index (χ0n) is 16.0. The van der Waals surface area contributed by atoms with Gasteiger partial charge in [0.25, 0.3) is 0 Å². The van der Waals surface area contributed by atoms with Gasteiger partial charge in [-0.25, -0.2) is 0 Å². The molecule has 1 heteroatoms. The van der Waals surface area contributed by atoms with E-state index in [2.05, 4.69) is 13.8 Å². The molecule has 1 nitrogen and oxygen atoms in total. The summed E-state index contributed by atoms with van der Waals surface area (Å²) in [4.78, 5) is 0. The van der Waals surface area contributed by atoms with Gasteiger partial charge in [0.05, 0.1) is 6.10 Å². The molecule has 2 aliphatic rings. The van der Waals surface area contributed by atoms with Crippen molar-refractivity contribution in [2.75, 3.05) is 6.61 Å². The molecule has 0 heterocycles. The van der Waals surface area contributed by atoms with Crippen LogP contribution in [-0.4, -0.2) is 12.7 Å². The summed E-state index contributed by atoms with van der Waals surface area (Å²) in [7, 11) is 0. The SMILES string of the molecule is CCCC[C@H]1CC[C@H](CCCO[C@H]2CC[C@H](CCC)CC2)CC1. The van der Waals surface area contributed by atoms with Gasteiger partial charge in [-0.15, -0.1) is 0 Å². The minimum atomic E-state index is 0.591. The van der Waals surface area contributed by atoms with Gasteiger partial charge in [0.2, 0.25) is 0 Å². The first-order valence-electron chi connectivity index (χ1n) is 10.9. The molecule has 0 spiro atoms. The predicted octanol–water partition coefficient (Wildman–Crippen LogP) is 7.14. The molecule has 0 unspecified atom stereocenters. The maximum atomic E-state index is 6.17. The van der Waals surface area contributed by atoms with Gasteiger partial charge in [0.1, 0.15) is 0 Å². The van der Waals surface area contributed by atoms with Crippen molar-refractivity contribution in [1.29, 1.82) is 0 Å². The summed E-state index contributed by atoms with van der Waals surface area (Å²) in [6.07, 6.45) is 21.9. The van der Waals surface area contributed by atoms with Gasteiger partial charge in [0, 0.05) is 6.61 Å². The second-order valence-corrected chi connectivity index (χ2v) is 8.47. The predicted molar refractivity (Wildman–Crippen MR) is 101 cm³/mol. The Morgan fingerprint density at radius 2 is 1.13 bits per heavy atom. The van der Waals surface area contributed by atoms with Crippen LogP contribution in [0.3, 0.4) is 0 Å². The molecule has 0 atom stereocenters. The Hall–Kier alpha value is -0.0400. The van der Waals surface area contributed by atoms with Gasteiger partial charge >= 0.3 is 0 Å². The minimum absolute atomic E-state index is 0.591. The van der Waals surface area contributed by atoms with E-state index in [0.29, 0.717) is 6.10 Å². The second kappa shape index (κ2) is 11.5. The summed E-state index contributed by atoms with van der Waals surface area (Å²) in [5, 5.41) is 0. The average Bonchev–Trinajstić information content (AvgIpc) is 2.59. The van der Waals surface area contributed by atoms with Gasteiger partial charge in [-0.05, 0) is 56.3 Å². The molecule has 0 aromatic heterocycles. The van der Waals surface area contributed by atoms with Crippen LogP contribution in [0.25, 0.3) is 0 Å². The van der Waals surface area contributed by atoms with Crippen molar-refractivity contribution >= 4 is 0 Å². The first kappa shape index (κ1) is 19.3. The topological polar surface area (TPSA) is 9.23 Å². The van der Waals surface area contributed by atoms with E-state index in [9.17, 15) is 0 Å². The molecule has 2 fully saturated rings. The summed E-state index contributed by atoms with van der Waals surface area (Å²) in [5.74, 6) is 3.07. The third-order valence-electron chi connectivity index (χ3n) is 6.53. The van der Waals surface area contributed by atoms with Crippen molar-refractivity contribution in [3.8, 4) is 0 Å². The van der Waals surface area contributed by atoms with Gasteiger partial charge in [-0.1, -0.05) is 71.6 Å². The van der Waals surface area contributed by atoms with E-state index in [1.807, 2.05) is 0 Å². The molecule has 0 aromatic rings. The summed E-state index contributed by atoms with van der Waals surface area (Å²) < 4.78 is 6.17. The zero-order chi connectivity index (χ0) is 16.3. The Morgan fingerprint density at radius 1 is 0.609 bits per heavy atom. The minimum Gasteiger partial charge on any atom is -0.378 e. The van der Waals surface area contributed by atoms with E-state index in [4.69, 9.17) is 4.74 Å². The number of ether oxygens (including phenoxy) is 1. The second-order valence-electron chi connectivity index (χ2n) is 8.47. The maximum absolute atomic E-state index is 6.17. The van der Waals surface area contributed by atoms with Gasteiger partial charge in [-0.3, -0.25) is 0 Å². The summed E-state index contributed by atoms with van der Waals surface area (Å²) in [5.41, 5.74) is 0. The molecule has 2 rings (SSSR count). The lowest BCUT2D eigenvalue weighted by molar-refractivity contribution is 0.0133. The van der Waals surface area contributed by atoms with Crippen LogP contribution >= 0.6 is 0 Å². The Labute approximate surface area is 146 Å². The van der Waals surface area contributed by atoms with Crippen LogP contribution in [0.1, 0.15) is 110 Å². The third kappa shape index (κ3) is 7.59. The molecular weight excluding hydrogens is 280 g/mol. The van der Waals surface area contributed by atoms with E-state index < -0.39 is 0 Å². The normalized spacial score (nSPS) is 32.1. The summed E-state index contributed by atoms with van der Waals surface area (Å²) in [6.45, 7) is 5.67.